The van der Waals surface area contributed by atoms with Crippen LogP contribution >= 0.6 is 0 Å². The van der Waals surface area contributed by atoms with Gasteiger partial charge in [0.2, 0.25) is 0 Å². The van der Waals surface area contributed by atoms with Gasteiger partial charge in [-0.3, -0.25) is 4.99 Å². The summed E-state index contributed by atoms with van der Waals surface area (Å²) < 4.78 is 16.5. The van der Waals surface area contributed by atoms with Crippen molar-refractivity contribution >= 4 is 5.96 Å². The predicted octanol–water partition coefficient (Wildman–Crippen LogP) is 2.78. The maximum absolute atomic E-state index is 5.82. The fourth-order valence-corrected chi connectivity index (χ4v) is 3.07. The normalized spacial score (nSPS) is 17.6. The molecule has 6 heteroatoms. The molecule has 1 aliphatic heterocycles. The van der Waals surface area contributed by atoms with Crippen LogP contribution in [0, 0.1) is 11.8 Å². The lowest BCUT2D eigenvalue weighted by Gasteiger charge is -2.22. The van der Waals surface area contributed by atoms with Crippen molar-refractivity contribution in [2.24, 2.45) is 16.8 Å². The molecule has 0 bridgehead atoms. The van der Waals surface area contributed by atoms with E-state index in [1.54, 1.807) is 7.11 Å². The zero-order chi connectivity index (χ0) is 19.5. The highest BCUT2D eigenvalue weighted by molar-refractivity contribution is 5.80. The summed E-state index contributed by atoms with van der Waals surface area (Å²) in [5.41, 5.74) is 1.19. The van der Waals surface area contributed by atoms with Crippen molar-refractivity contribution in [3.05, 3.63) is 29.8 Å². The summed E-state index contributed by atoms with van der Waals surface area (Å²) in [6.45, 7) is 9.86. The number of hydrogen-bond donors (Lipinski definition) is 1. The van der Waals surface area contributed by atoms with Crippen molar-refractivity contribution < 1.29 is 14.2 Å². The van der Waals surface area contributed by atoms with Gasteiger partial charge in [0.05, 0.1) is 26.4 Å². The zero-order valence-electron chi connectivity index (χ0n) is 17.2. The lowest BCUT2D eigenvalue weighted by atomic mass is 10.1. The standard InChI is InChI=1S/C21H35N3O3/c1-17(2)15-27-20-7-5-6-18(12-20)13-23-21(22-3)24-9-8-19(14-24)16-26-11-10-25-4/h5-7,12,17,19H,8-11,13-16H2,1-4H3,(H,22,23). The molecular weight excluding hydrogens is 342 g/mol. The van der Waals surface area contributed by atoms with Crippen molar-refractivity contribution in [3.8, 4) is 5.75 Å². The highest BCUT2D eigenvalue weighted by atomic mass is 16.5. The van der Waals surface area contributed by atoms with E-state index in [2.05, 4.69) is 41.2 Å². The third-order valence-corrected chi connectivity index (χ3v) is 4.51. The molecule has 27 heavy (non-hydrogen) atoms. The van der Waals surface area contributed by atoms with Crippen LogP contribution < -0.4 is 10.1 Å². The fraction of sp³-hybridized carbons (Fsp3) is 0.667. The lowest BCUT2D eigenvalue weighted by Crippen LogP contribution is -2.39. The Morgan fingerprint density at radius 1 is 1.33 bits per heavy atom. The summed E-state index contributed by atoms with van der Waals surface area (Å²) >= 11 is 0. The number of rotatable bonds is 10. The number of methoxy groups -OCH3 is 1. The second-order valence-corrected chi connectivity index (χ2v) is 7.42. The second kappa shape index (κ2) is 11.8. The van der Waals surface area contributed by atoms with E-state index < -0.39 is 0 Å². The van der Waals surface area contributed by atoms with Crippen LogP contribution in [0.1, 0.15) is 25.8 Å². The van der Waals surface area contributed by atoms with Gasteiger partial charge < -0.3 is 24.4 Å². The highest BCUT2D eigenvalue weighted by Gasteiger charge is 2.24. The Labute approximate surface area is 163 Å². The number of hydrogen-bond acceptors (Lipinski definition) is 4. The molecule has 1 heterocycles. The smallest absolute Gasteiger partial charge is 0.193 e. The summed E-state index contributed by atoms with van der Waals surface area (Å²) in [6, 6.07) is 8.26. The SMILES string of the molecule is CN=C(NCc1cccc(OCC(C)C)c1)N1CCC(COCCOC)C1. The number of ether oxygens (including phenoxy) is 3. The molecule has 0 amide bonds. The first kappa shape index (κ1) is 21.5. The van der Waals surface area contributed by atoms with Crippen LogP contribution in [-0.4, -0.2) is 64.5 Å². The first-order valence-corrected chi connectivity index (χ1v) is 9.86. The Morgan fingerprint density at radius 3 is 2.93 bits per heavy atom. The first-order valence-electron chi connectivity index (χ1n) is 9.86. The molecule has 0 aromatic heterocycles. The van der Waals surface area contributed by atoms with E-state index in [0.29, 0.717) is 25.0 Å². The molecule has 1 unspecified atom stereocenters. The maximum Gasteiger partial charge on any atom is 0.193 e. The van der Waals surface area contributed by atoms with Crippen LogP contribution in [0.4, 0.5) is 0 Å². The molecule has 6 nitrogen and oxygen atoms in total. The maximum atomic E-state index is 5.82. The molecule has 1 aliphatic rings. The van der Waals surface area contributed by atoms with Crippen LogP contribution in [0.5, 0.6) is 5.75 Å². The van der Waals surface area contributed by atoms with Gasteiger partial charge in [-0.05, 0) is 30.0 Å². The molecule has 1 fully saturated rings. The topological polar surface area (TPSA) is 55.3 Å². The van der Waals surface area contributed by atoms with Crippen LogP contribution in [0.2, 0.25) is 0 Å². The second-order valence-electron chi connectivity index (χ2n) is 7.42. The van der Waals surface area contributed by atoms with E-state index in [1.165, 1.54) is 5.56 Å². The summed E-state index contributed by atoms with van der Waals surface area (Å²) in [4.78, 5) is 6.76. The Hall–Kier alpha value is -1.79. The molecule has 1 atom stereocenters. The monoisotopic (exact) mass is 377 g/mol. The summed E-state index contributed by atoms with van der Waals surface area (Å²) in [7, 11) is 3.54. The summed E-state index contributed by atoms with van der Waals surface area (Å²) in [5, 5.41) is 3.48. The Balaban J connectivity index is 1.78. The summed E-state index contributed by atoms with van der Waals surface area (Å²) in [5.74, 6) is 2.94. The van der Waals surface area contributed by atoms with Gasteiger partial charge in [-0.2, -0.15) is 0 Å². The van der Waals surface area contributed by atoms with Crippen LogP contribution in [0.15, 0.2) is 29.3 Å². The van der Waals surface area contributed by atoms with Crippen LogP contribution in [0.25, 0.3) is 0 Å². The molecule has 0 saturated carbocycles. The number of likely N-dealkylation sites (tertiary alicyclic amines) is 1. The Bertz CT molecular complexity index is 578. The first-order chi connectivity index (χ1) is 13.1. The number of guanidine groups is 1. The van der Waals surface area contributed by atoms with Gasteiger partial charge in [0.15, 0.2) is 5.96 Å². The average molecular weight is 378 g/mol. The average Bonchev–Trinajstić information content (AvgIpc) is 3.13. The molecule has 0 radical (unpaired) electrons. The van der Waals surface area contributed by atoms with Gasteiger partial charge in [0.25, 0.3) is 0 Å². The molecule has 1 aromatic rings. The molecule has 1 N–H and O–H groups in total. The van der Waals surface area contributed by atoms with Crippen molar-refractivity contribution in [2.45, 2.75) is 26.8 Å². The molecule has 152 valence electrons. The number of nitrogens with one attached hydrogen (secondary N) is 1. The minimum absolute atomic E-state index is 0.521. The van der Waals surface area contributed by atoms with E-state index in [1.807, 2.05) is 19.2 Å². The highest BCUT2D eigenvalue weighted by Crippen LogP contribution is 2.17. The Morgan fingerprint density at radius 2 is 2.19 bits per heavy atom. The van der Waals surface area contributed by atoms with E-state index in [0.717, 1.165) is 51.0 Å². The van der Waals surface area contributed by atoms with Crippen molar-refractivity contribution in [2.75, 3.05) is 53.7 Å². The number of nitrogens with zero attached hydrogens (tertiary/aromatic N) is 2. The van der Waals surface area contributed by atoms with Crippen LogP contribution in [-0.2, 0) is 16.0 Å². The van der Waals surface area contributed by atoms with Crippen molar-refractivity contribution in [1.29, 1.82) is 0 Å². The summed E-state index contributed by atoms with van der Waals surface area (Å²) in [6.07, 6.45) is 1.13. The van der Waals surface area contributed by atoms with E-state index in [-0.39, 0.29) is 0 Å². The van der Waals surface area contributed by atoms with E-state index in [9.17, 15) is 0 Å². The van der Waals surface area contributed by atoms with Crippen molar-refractivity contribution in [3.63, 3.8) is 0 Å². The number of aliphatic imine (C=N–C) groups is 1. The molecule has 1 saturated heterocycles. The lowest BCUT2D eigenvalue weighted by molar-refractivity contribution is 0.0536. The van der Waals surface area contributed by atoms with Gasteiger partial charge in [0.1, 0.15) is 5.75 Å². The molecule has 1 aromatic carbocycles. The Kier molecular flexibility index (Phi) is 9.42. The minimum Gasteiger partial charge on any atom is -0.493 e. The van der Waals surface area contributed by atoms with Gasteiger partial charge in [-0.25, -0.2) is 0 Å². The van der Waals surface area contributed by atoms with Gasteiger partial charge >= 0.3 is 0 Å². The minimum atomic E-state index is 0.521. The largest absolute Gasteiger partial charge is 0.493 e. The fourth-order valence-electron chi connectivity index (χ4n) is 3.07. The zero-order valence-corrected chi connectivity index (χ0v) is 17.2. The third kappa shape index (κ3) is 7.77. The van der Waals surface area contributed by atoms with Crippen molar-refractivity contribution in [1.82, 2.24) is 10.2 Å². The van der Waals surface area contributed by atoms with Gasteiger partial charge in [-0.15, -0.1) is 0 Å². The molecule has 0 spiro atoms. The number of benzene rings is 1. The quantitative estimate of drug-likeness (QED) is 0.386. The predicted molar refractivity (Wildman–Crippen MR) is 109 cm³/mol. The third-order valence-electron chi connectivity index (χ3n) is 4.51. The van der Waals surface area contributed by atoms with E-state index >= 15 is 0 Å². The molecule has 2 rings (SSSR count). The van der Waals surface area contributed by atoms with E-state index in [4.69, 9.17) is 14.2 Å². The molecular formula is C21H35N3O3. The van der Waals surface area contributed by atoms with Gasteiger partial charge in [-0.1, -0.05) is 26.0 Å². The molecule has 0 aliphatic carbocycles. The van der Waals surface area contributed by atoms with Crippen LogP contribution in [0.3, 0.4) is 0 Å². The van der Waals surface area contributed by atoms with Gasteiger partial charge in [0, 0.05) is 39.7 Å².